The van der Waals surface area contributed by atoms with Gasteiger partial charge in [0.2, 0.25) is 5.95 Å². The molecule has 0 aliphatic carbocycles. The molecule has 3 nitrogen and oxygen atoms in total. The van der Waals surface area contributed by atoms with E-state index >= 15 is 0 Å². The molecule has 0 amide bonds. The number of hydrogen-bond donors (Lipinski definition) is 1. The second kappa shape index (κ2) is 5.09. The van der Waals surface area contributed by atoms with Gasteiger partial charge in [-0.3, -0.25) is 0 Å². The van der Waals surface area contributed by atoms with Crippen molar-refractivity contribution in [1.29, 1.82) is 0 Å². The van der Waals surface area contributed by atoms with Crippen LogP contribution in [-0.4, -0.2) is 9.97 Å². The molecule has 1 heterocycles. The molecule has 1 aromatic carbocycles. The van der Waals surface area contributed by atoms with E-state index in [0.29, 0.717) is 5.95 Å². The molecule has 5 heteroatoms. The van der Waals surface area contributed by atoms with Gasteiger partial charge in [-0.05, 0) is 47.2 Å². The number of aromatic nitrogens is 2. The molecule has 0 aliphatic rings. The molecular weight excluding hydrogens is 381 g/mol. The van der Waals surface area contributed by atoms with Gasteiger partial charge in [0.25, 0.3) is 0 Å². The van der Waals surface area contributed by atoms with E-state index in [1.165, 1.54) is 5.56 Å². The number of nitrogens with one attached hydrogen (secondary N) is 1. The van der Waals surface area contributed by atoms with Crippen LogP contribution >= 0.6 is 38.5 Å². The van der Waals surface area contributed by atoms with Gasteiger partial charge in [-0.15, -0.1) is 0 Å². The van der Waals surface area contributed by atoms with E-state index < -0.39 is 0 Å². The molecule has 0 aliphatic heterocycles. The lowest BCUT2D eigenvalue weighted by Gasteiger charge is -2.06. The third-order valence-corrected chi connectivity index (χ3v) is 3.46. The molecule has 0 fully saturated rings. The molecule has 1 N–H and O–H groups in total. The van der Waals surface area contributed by atoms with E-state index in [9.17, 15) is 0 Å². The second-order valence-corrected chi connectivity index (χ2v) is 5.41. The highest BCUT2D eigenvalue weighted by Crippen LogP contribution is 2.22. The molecule has 0 saturated carbocycles. The first kappa shape index (κ1) is 11.8. The predicted molar refractivity (Wildman–Crippen MR) is 76.9 cm³/mol. The van der Waals surface area contributed by atoms with Gasteiger partial charge in [0.05, 0.1) is 0 Å². The Hall–Kier alpha value is -0.690. The Bertz CT molecular complexity index is 499. The Balaban J connectivity index is 2.20. The van der Waals surface area contributed by atoms with Gasteiger partial charge >= 0.3 is 0 Å². The summed E-state index contributed by atoms with van der Waals surface area (Å²) < 4.78 is 2.09. The minimum absolute atomic E-state index is 0.608. The number of benzene rings is 1. The van der Waals surface area contributed by atoms with Crippen LogP contribution < -0.4 is 5.32 Å². The normalized spacial score (nSPS) is 10.2. The summed E-state index contributed by atoms with van der Waals surface area (Å²) in [6.45, 7) is 2.05. The van der Waals surface area contributed by atoms with Crippen LogP contribution in [0.5, 0.6) is 0 Å². The van der Waals surface area contributed by atoms with Crippen molar-refractivity contribution in [3.63, 3.8) is 0 Å². The van der Waals surface area contributed by atoms with Gasteiger partial charge in [0.15, 0.2) is 0 Å². The zero-order valence-corrected chi connectivity index (χ0v) is 12.3. The number of rotatable bonds is 2. The summed E-state index contributed by atoms with van der Waals surface area (Å²) in [6, 6.07) is 6.05. The lowest BCUT2D eigenvalue weighted by Crippen LogP contribution is -1.96. The van der Waals surface area contributed by atoms with Crippen molar-refractivity contribution in [2.45, 2.75) is 6.92 Å². The SMILES string of the molecule is Cc1ccc(Nc2ncc(I)cn2)cc1Br. The molecule has 2 rings (SSSR count). The van der Waals surface area contributed by atoms with Crippen LogP contribution in [0.3, 0.4) is 0 Å². The number of aryl methyl sites for hydroxylation is 1. The maximum atomic E-state index is 4.18. The number of anilines is 2. The van der Waals surface area contributed by atoms with E-state index in [2.05, 4.69) is 60.7 Å². The molecule has 0 radical (unpaired) electrons. The molecule has 16 heavy (non-hydrogen) atoms. The van der Waals surface area contributed by atoms with Crippen molar-refractivity contribution < 1.29 is 0 Å². The lowest BCUT2D eigenvalue weighted by molar-refractivity contribution is 1.15. The van der Waals surface area contributed by atoms with Crippen molar-refractivity contribution >= 4 is 50.2 Å². The Morgan fingerprint density at radius 1 is 1.25 bits per heavy atom. The zero-order valence-electron chi connectivity index (χ0n) is 8.54. The van der Waals surface area contributed by atoms with Gasteiger partial charge in [0.1, 0.15) is 0 Å². The summed E-state index contributed by atoms with van der Waals surface area (Å²) in [4.78, 5) is 8.36. The average molecular weight is 390 g/mol. The molecule has 0 unspecified atom stereocenters. The Morgan fingerprint density at radius 3 is 2.56 bits per heavy atom. The third kappa shape index (κ3) is 2.91. The van der Waals surface area contributed by atoms with Crippen LogP contribution in [0, 0.1) is 10.5 Å². The number of nitrogens with zero attached hydrogens (tertiary/aromatic N) is 2. The summed E-state index contributed by atoms with van der Waals surface area (Å²) in [7, 11) is 0. The molecule has 0 saturated heterocycles. The Morgan fingerprint density at radius 2 is 1.94 bits per heavy atom. The van der Waals surface area contributed by atoms with Crippen molar-refractivity contribution in [1.82, 2.24) is 9.97 Å². The lowest BCUT2D eigenvalue weighted by atomic mass is 10.2. The van der Waals surface area contributed by atoms with Crippen LogP contribution in [0.25, 0.3) is 0 Å². The third-order valence-electron chi connectivity index (χ3n) is 2.05. The standard InChI is InChI=1S/C11H9BrIN3/c1-7-2-3-9(4-10(7)12)16-11-14-5-8(13)6-15-11/h2-6H,1H3,(H,14,15,16). The fraction of sp³-hybridized carbons (Fsp3) is 0.0909. The predicted octanol–water partition coefficient (Wildman–Crippen LogP) is 3.90. The summed E-state index contributed by atoms with van der Waals surface area (Å²) in [5.74, 6) is 0.608. The zero-order chi connectivity index (χ0) is 11.5. The molecular formula is C11H9BrIN3. The van der Waals surface area contributed by atoms with Gasteiger partial charge < -0.3 is 5.32 Å². The quantitative estimate of drug-likeness (QED) is 0.791. The first-order valence-electron chi connectivity index (χ1n) is 4.66. The van der Waals surface area contributed by atoms with E-state index in [1.54, 1.807) is 12.4 Å². The van der Waals surface area contributed by atoms with Crippen molar-refractivity contribution in [3.05, 3.63) is 44.2 Å². The first-order valence-corrected chi connectivity index (χ1v) is 6.53. The molecule has 2 aromatic rings. The highest BCUT2D eigenvalue weighted by atomic mass is 127. The summed E-state index contributed by atoms with van der Waals surface area (Å²) in [6.07, 6.45) is 3.55. The smallest absolute Gasteiger partial charge is 0.227 e. The Labute approximate surface area is 116 Å². The van der Waals surface area contributed by atoms with E-state index in [1.807, 2.05) is 18.2 Å². The van der Waals surface area contributed by atoms with Gasteiger partial charge in [-0.25, -0.2) is 9.97 Å². The van der Waals surface area contributed by atoms with Crippen molar-refractivity contribution in [3.8, 4) is 0 Å². The number of halogens is 2. The maximum absolute atomic E-state index is 4.18. The van der Waals surface area contributed by atoms with Crippen LogP contribution in [-0.2, 0) is 0 Å². The molecule has 82 valence electrons. The topological polar surface area (TPSA) is 37.8 Å². The van der Waals surface area contributed by atoms with E-state index in [-0.39, 0.29) is 0 Å². The van der Waals surface area contributed by atoms with E-state index in [0.717, 1.165) is 13.7 Å². The van der Waals surface area contributed by atoms with Gasteiger partial charge in [0, 0.05) is 26.1 Å². The summed E-state index contributed by atoms with van der Waals surface area (Å²) in [5.41, 5.74) is 2.17. The summed E-state index contributed by atoms with van der Waals surface area (Å²) >= 11 is 5.67. The molecule has 0 atom stereocenters. The van der Waals surface area contributed by atoms with Gasteiger partial charge in [-0.2, -0.15) is 0 Å². The maximum Gasteiger partial charge on any atom is 0.227 e. The molecule has 0 spiro atoms. The van der Waals surface area contributed by atoms with Gasteiger partial charge in [-0.1, -0.05) is 22.0 Å². The highest BCUT2D eigenvalue weighted by Gasteiger charge is 2.00. The molecule has 1 aromatic heterocycles. The Kier molecular flexibility index (Phi) is 3.75. The monoisotopic (exact) mass is 389 g/mol. The largest absolute Gasteiger partial charge is 0.324 e. The fourth-order valence-electron chi connectivity index (χ4n) is 1.18. The first-order chi connectivity index (χ1) is 7.65. The van der Waals surface area contributed by atoms with Crippen LogP contribution in [0.2, 0.25) is 0 Å². The second-order valence-electron chi connectivity index (χ2n) is 3.31. The minimum atomic E-state index is 0.608. The van der Waals surface area contributed by atoms with E-state index in [4.69, 9.17) is 0 Å². The summed E-state index contributed by atoms with van der Waals surface area (Å²) in [5, 5.41) is 3.14. The van der Waals surface area contributed by atoms with Crippen LogP contribution in [0.4, 0.5) is 11.6 Å². The molecule has 0 bridgehead atoms. The number of hydrogen-bond acceptors (Lipinski definition) is 3. The average Bonchev–Trinajstić information content (AvgIpc) is 2.27. The van der Waals surface area contributed by atoms with Crippen molar-refractivity contribution in [2.24, 2.45) is 0 Å². The minimum Gasteiger partial charge on any atom is -0.324 e. The van der Waals surface area contributed by atoms with Crippen LogP contribution in [0.15, 0.2) is 35.1 Å². The van der Waals surface area contributed by atoms with Crippen molar-refractivity contribution in [2.75, 3.05) is 5.32 Å². The van der Waals surface area contributed by atoms with Crippen LogP contribution in [0.1, 0.15) is 5.56 Å². The fourth-order valence-corrected chi connectivity index (χ4v) is 1.83. The highest BCUT2D eigenvalue weighted by molar-refractivity contribution is 14.1.